The topological polar surface area (TPSA) is 158 Å². The second-order valence-electron chi connectivity index (χ2n) is 43.5. The molecule has 9 aromatic carbocycles. The first-order valence-corrected chi connectivity index (χ1v) is 53.2. The lowest BCUT2D eigenvalue weighted by atomic mass is 9.48. The normalized spacial score (nSPS) is 29.5. The summed E-state index contributed by atoms with van der Waals surface area (Å²) in [7, 11) is -0.118. The Morgan fingerprint density at radius 2 is 0.529 bits per heavy atom. The summed E-state index contributed by atoms with van der Waals surface area (Å²) in [5.74, 6) is -7.09. The van der Waals surface area contributed by atoms with Crippen molar-refractivity contribution >= 4 is 68.5 Å². The third kappa shape index (κ3) is 21.9. The lowest BCUT2D eigenvalue weighted by Crippen LogP contribution is -2.61. The second kappa shape index (κ2) is 40.1. The average Bonchev–Trinajstić information content (AvgIpc) is 0.712. The third-order valence-electron chi connectivity index (χ3n) is 32.5. The molecular formula is C117H135F4O12S3+3. The smallest absolute Gasteiger partial charge is 0.377 e. The number of aryl methyl sites for hydroxylation is 9. The van der Waals surface area contributed by atoms with Gasteiger partial charge in [-0.05, 0) is 391 Å². The van der Waals surface area contributed by atoms with E-state index in [-0.39, 0.29) is 75.3 Å². The minimum atomic E-state index is -3.57. The Hall–Kier alpha value is -9.43. The fourth-order valence-electron chi connectivity index (χ4n) is 26.4. The van der Waals surface area contributed by atoms with Crippen molar-refractivity contribution < 1.29 is 74.8 Å². The Balaban J connectivity index is 0.000000120. The molecule has 16 fully saturated rings. The van der Waals surface area contributed by atoms with Crippen molar-refractivity contribution in [1.82, 2.24) is 0 Å². The Bertz CT molecular complexity index is 5000. The van der Waals surface area contributed by atoms with E-state index in [2.05, 4.69) is 295 Å². The first-order valence-electron chi connectivity index (χ1n) is 49.5. The van der Waals surface area contributed by atoms with Crippen LogP contribution in [0.5, 0.6) is 0 Å². The summed E-state index contributed by atoms with van der Waals surface area (Å²) >= 11 is 0. The van der Waals surface area contributed by atoms with Gasteiger partial charge in [0.2, 0.25) is 0 Å². The summed E-state index contributed by atoms with van der Waals surface area (Å²) in [6.45, 7) is 23.6. The zero-order valence-electron chi connectivity index (χ0n) is 81.3. The molecule has 25 rings (SSSR count). The predicted molar refractivity (Wildman–Crippen MR) is 525 cm³/mol. The van der Waals surface area contributed by atoms with E-state index >= 15 is 0 Å². The van der Waals surface area contributed by atoms with Gasteiger partial charge in [-0.15, -0.1) is 0 Å². The van der Waals surface area contributed by atoms with Crippen LogP contribution in [0.3, 0.4) is 0 Å². The molecule has 12 nitrogen and oxygen atoms in total. The molecule has 16 aliphatic rings. The fraction of sp³-hybridized carbons (Fsp3) is 0.487. The molecule has 136 heavy (non-hydrogen) atoms. The van der Waals surface area contributed by atoms with E-state index in [9.17, 15) is 46.3 Å². The Kier molecular flexibility index (Phi) is 28.9. The molecule has 9 aromatic rings. The predicted octanol–water partition coefficient (Wildman–Crippen LogP) is 26.6. The van der Waals surface area contributed by atoms with E-state index in [1.807, 2.05) is 0 Å². The van der Waals surface area contributed by atoms with E-state index < -0.39 is 88.0 Å². The van der Waals surface area contributed by atoms with Gasteiger partial charge in [0, 0.05) is 20.3 Å². The summed E-state index contributed by atoms with van der Waals surface area (Å²) in [6, 6.07) is 80.4. The van der Waals surface area contributed by atoms with Crippen LogP contribution in [0, 0.1) is 150 Å². The van der Waals surface area contributed by atoms with Crippen LogP contribution in [0.1, 0.15) is 213 Å². The maximum atomic E-state index is 13.6. The van der Waals surface area contributed by atoms with Crippen LogP contribution in [0.4, 0.5) is 17.6 Å². The summed E-state index contributed by atoms with van der Waals surface area (Å²) in [6.07, 6.45) is 17.4. The van der Waals surface area contributed by atoms with Gasteiger partial charge in [0.1, 0.15) is 22.9 Å². The molecule has 16 aliphatic carbocycles. The van der Waals surface area contributed by atoms with Gasteiger partial charge in [0.25, 0.3) is 0 Å². The standard InChI is InChI=1S/2C27H36F2O6.3C21H21S/c1-24(19-5-15-3-16(7-19)8-20(24)6-15)34-21(30)13-33-23(32)26-9-17-4-18(10-26)12-27(11-17,14-26)35-22(31)25(2,28)29;1-25(19-6-14-3-15(8-19)9-20(25)7-14)35-21(30)13-33-24(32)27-10-16-4-17(11-27)22(18(5-16)12-27)34-23(31)26(2,28)29;3*1-16-4-10-19(11-5-16)22(20-12-6-17(2)7-13-20)21-14-8-18(3)9-15-21/h15-20H,3-14H2,1-2H3;14-20,22H,3-13H2,1-2H3;3*4-15H,1-3H3/q;;3*+1. The van der Waals surface area contributed by atoms with E-state index in [0.29, 0.717) is 82.5 Å². The SMILES string of the molecule is CC(F)(F)C(=O)OC12CC3CC(C1)CC(C(=O)OCC(=O)OC1(C)C4CC5CC(C4)CC1C5)(C3)C2.CC(F)(F)C(=O)OC1C2CC3CC1CC(C(=O)OCC(=O)OC1(C)C4CC5CC(C4)CC1C5)(C3)C2.Cc1ccc([S+](c2ccc(C)cc2)c2ccc(C)cc2)cc1.Cc1ccc([S+](c2ccc(C)cc2)c2ccc(C)cc2)cc1.Cc1ccc([S+](c2ccc(C)cc2)c2ccc(C)cc2)cc1. The maximum Gasteiger partial charge on any atom is 0.377 e. The number of rotatable bonds is 21. The number of benzene rings is 9. The number of hydrogen-bond acceptors (Lipinski definition) is 12. The molecule has 16 bridgehead atoms. The molecule has 0 N–H and O–H groups in total. The Labute approximate surface area is 810 Å². The molecule has 0 spiro atoms. The largest absolute Gasteiger partial charge is 0.457 e. The molecule has 4 atom stereocenters. The van der Waals surface area contributed by atoms with Gasteiger partial charge < -0.3 is 28.4 Å². The molecule has 16 saturated carbocycles. The van der Waals surface area contributed by atoms with Gasteiger partial charge in [-0.3, -0.25) is 9.59 Å². The van der Waals surface area contributed by atoms with E-state index in [0.717, 1.165) is 94.3 Å². The lowest BCUT2D eigenvalue weighted by Gasteiger charge is -2.59. The van der Waals surface area contributed by atoms with Crippen molar-refractivity contribution in [3.8, 4) is 0 Å². The molecule has 0 amide bonds. The van der Waals surface area contributed by atoms with Crippen molar-refractivity contribution in [1.29, 1.82) is 0 Å². The van der Waals surface area contributed by atoms with Gasteiger partial charge >= 0.3 is 47.7 Å². The molecule has 0 saturated heterocycles. The monoisotopic (exact) mass is 1900 g/mol. The summed E-state index contributed by atoms with van der Waals surface area (Å²) < 4.78 is 87.8. The third-order valence-corrected chi connectivity index (χ3v) is 39.2. The number of alkyl halides is 4. The highest BCUT2D eigenvalue weighted by Gasteiger charge is 2.66. The minimum absolute atomic E-state index is 0.0394. The van der Waals surface area contributed by atoms with Crippen LogP contribution in [0.25, 0.3) is 0 Å². The molecular weight excluding hydrogens is 1770 g/mol. The van der Waals surface area contributed by atoms with E-state index in [1.165, 1.54) is 107 Å². The number of halogens is 4. The first kappa shape index (κ1) is 98.2. The summed E-state index contributed by atoms with van der Waals surface area (Å²) in [4.78, 5) is 88.4. The van der Waals surface area contributed by atoms with Crippen LogP contribution in [-0.4, -0.2) is 83.8 Å². The molecule has 0 heterocycles. The van der Waals surface area contributed by atoms with Gasteiger partial charge in [-0.1, -0.05) is 159 Å². The molecule has 0 aromatic heterocycles. The highest BCUT2D eigenvalue weighted by atomic mass is 32.2. The van der Waals surface area contributed by atoms with E-state index in [4.69, 9.17) is 28.4 Å². The number of carbonyl (C=O) groups is 6. The number of ether oxygens (including phenoxy) is 6. The molecule has 718 valence electrons. The average molecular weight is 1910 g/mol. The maximum absolute atomic E-state index is 13.6. The van der Waals surface area contributed by atoms with Gasteiger partial charge in [-0.25, -0.2) is 19.2 Å². The fourth-order valence-corrected chi connectivity index (χ4v) is 32.6. The van der Waals surface area contributed by atoms with Crippen LogP contribution in [-0.2, 0) is 89.9 Å². The second-order valence-corrected chi connectivity index (χ2v) is 49.6. The van der Waals surface area contributed by atoms with Crippen molar-refractivity contribution in [2.45, 2.75) is 304 Å². The number of hydrogen-bond donors (Lipinski definition) is 0. The van der Waals surface area contributed by atoms with E-state index in [1.54, 1.807) is 0 Å². The zero-order chi connectivity index (χ0) is 96.1. The Morgan fingerprint density at radius 1 is 0.294 bits per heavy atom. The van der Waals surface area contributed by atoms with Crippen LogP contribution < -0.4 is 0 Å². The van der Waals surface area contributed by atoms with Crippen molar-refractivity contribution in [3.05, 3.63) is 268 Å². The van der Waals surface area contributed by atoms with Crippen molar-refractivity contribution in [2.24, 2.45) is 87.8 Å². The van der Waals surface area contributed by atoms with Gasteiger partial charge in [-0.2, -0.15) is 17.6 Å². The lowest BCUT2D eigenvalue weighted by molar-refractivity contribution is -0.226. The van der Waals surface area contributed by atoms with Crippen LogP contribution in [0.15, 0.2) is 262 Å². The number of esters is 6. The molecule has 0 aliphatic heterocycles. The molecule has 0 radical (unpaired) electrons. The van der Waals surface area contributed by atoms with Crippen LogP contribution in [0.2, 0.25) is 0 Å². The highest BCUT2D eigenvalue weighted by Crippen LogP contribution is 2.66. The minimum Gasteiger partial charge on any atom is -0.457 e. The number of carbonyl (C=O) groups excluding carboxylic acids is 6. The van der Waals surface area contributed by atoms with Gasteiger partial charge in [0.05, 0.1) is 43.5 Å². The van der Waals surface area contributed by atoms with Crippen molar-refractivity contribution in [2.75, 3.05) is 13.2 Å². The summed E-state index contributed by atoms with van der Waals surface area (Å²) in [5.41, 5.74) is 8.15. The zero-order valence-corrected chi connectivity index (χ0v) is 83.7. The van der Waals surface area contributed by atoms with Gasteiger partial charge in [0.15, 0.2) is 57.3 Å². The highest BCUT2D eigenvalue weighted by molar-refractivity contribution is 7.97. The Morgan fingerprint density at radius 3 is 0.779 bits per heavy atom. The summed E-state index contributed by atoms with van der Waals surface area (Å²) in [5, 5.41) is 0. The molecule has 4 unspecified atom stereocenters. The first-order chi connectivity index (χ1) is 64.7. The van der Waals surface area contributed by atoms with Crippen LogP contribution >= 0.6 is 0 Å². The molecule has 19 heteroatoms. The van der Waals surface area contributed by atoms with Crippen molar-refractivity contribution in [3.63, 3.8) is 0 Å². The quantitative estimate of drug-likeness (QED) is 0.0291.